The maximum absolute atomic E-state index is 12.1. The number of anilines is 1. The predicted molar refractivity (Wildman–Crippen MR) is 77.1 cm³/mol. The first-order valence-electron chi connectivity index (χ1n) is 7.15. The van der Waals surface area contributed by atoms with Gasteiger partial charge in [-0.05, 0) is 37.1 Å². The van der Waals surface area contributed by atoms with Gasteiger partial charge >= 0.3 is 0 Å². The Balaban J connectivity index is 1.84. The molecule has 0 radical (unpaired) electrons. The molecule has 0 spiro atoms. The average Bonchev–Trinajstić information content (AvgIpc) is 2.54. The van der Waals surface area contributed by atoms with Gasteiger partial charge < -0.3 is 10.1 Å². The zero-order valence-electron chi connectivity index (χ0n) is 11.8. The number of hydrogen-bond acceptors (Lipinski definition) is 4. The molecular weight excluding hydrogens is 272 g/mol. The smallest absolute Gasteiger partial charge is 0.281 e. The molecule has 114 valence electrons. The Hall–Kier alpha value is -2.08. The van der Waals surface area contributed by atoms with E-state index in [2.05, 4.69) is 5.32 Å². The summed E-state index contributed by atoms with van der Waals surface area (Å²) in [6.45, 7) is -0.260. The van der Waals surface area contributed by atoms with Gasteiger partial charge in [-0.2, -0.15) is 0 Å². The molecule has 0 saturated heterocycles. The lowest BCUT2D eigenvalue weighted by Crippen LogP contribution is -2.25. The number of carbonyl (C=O) groups is 2. The number of carbonyl (C=O) groups excluding carboxylic acids is 2. The number of benzene rings is 1. The van der Waals surface area contributed by atoms with Crippen LogP contribution in [0.2, 0.25) is 0 Å². The summed E-state index contributed by atoms with van der Waals surface area (Å²) >= 11 is 0. The van der Waals surface area contributed by atoms with Gasteiger partial charge in [-0.3, -0.25) is 14.8 Å². The molecule has 0 aliphatic heterocycles. The Bertz CT molecular complexity index is 481. The van der Waals surface area contributed by atoms with Crippen molar-refractivity contribution in [2.24, 2.45) is 5.92 Å². The van der Waals surface area contributed by atoms with Gasteiger partial charge in [-0.15, -0.1) is 0 Å². The molecule has 21 heavy (non-hydrogen) atoms. The second-order valence-corrected chi connectivity index (χ2v) is 5.17. The van der Waals surface area contributed by atoms with Crippen molar-refractivity contribution in [2.75, 3.05) is 11.9 Å². The average molecular weight is 292 g/mol. The zero-order valence-corrected chi connectivity index (χ0v) is 11.8. The molecule has 0 aromatic heterocycles. The Labute approximate surface area is 123 Å². The molecule has 1 aliphatic carbocycles. The predicted octanol–water partition coefficient (Wildman–Crippen LogP) is 2.09. The van der Waals surface area contributed by atoms with Gasteiger partial charge in [-0.1, -0.05) is 19.3 Å². The lowest BCUT2D eigenvalue weighted by atomic mass is 9.88. The molecule has 6 heteroatoms. The quantitative estimate of drug-likeness (QED) is 0.573. The molecule has 1 aromatic rings. The largest absolute Gasteiger partial charge is 0.484 e. The summed E-state index contributed by atoms with van der Waals surface area (Å²) in [7, 11) is 0. The van der Waals surface area contributed by atoms with E-state index in [0.717, 1.165) is 25.7 Å². The van der Waals surface area contributed by atoms with E-state index in [9.17, 15) is 9.59 Å². The fraction of sp³-hybridized carbons (Fsp3) is 0.467. The molecule has 2 amide bonds. The van der Waals surface area contributed by atoms with Crippen molar-refractivity contribution in [3.63, 3.8) is 0 Å². The number of ether oxygens (including phenoxy) is 1. The van der Waals surface area contributed by atoms with Crippen molar-refractivity contribution in [3.05, 3.63) is 24.3 Å². The van der Waals surface area contributed by atoms with Crippen LogP contribution in [0.3, 0.4) is 0 Å². The third kappa shape index (κ3) is 4.75. The molecular formula is C15H20N2O4. The highest BCUT2D eigenvalue weighted by Gasteiger charge is 2.20. The zero-order chi connectivity index (χ0) is 15.1. The molecule has 0 unspecified atom stereocenters. The molecule has 2 rings (SSSR count). The molecule has 1 aliphatic rings. The third-order valence-corrected chi connectivity index (χ3v) is 3.59. The van der Waals surface area contributed by atoms with E-state index in [-0.39, 0.29) is 18.4 Å². The van der Waals surface area contributed by atoms with Crippen molar-refractivity contribution >= 4 is 17.5 Å². The van der Waals surface area contributed by atoms with Crippen LogP contribution >= 0.6 is 0 Å². The van der Waals surface area contributed by atoms with Crippen molar-refractivity contribution < 1.29 is 19.5 Å². The summed E-state index contributed by atoms with van der Waals surface area (Å²) in [6.07, 6.45) is 5.39. The molecule has 0 atom stereocenters. The highest BCUT2D eigenvalue weighted by molar-refractivity contribution is 5.92. The summed E-state index contributed by atoms with van der Waals surface area (Å²) in [5.74, 6) is 0.0601. The van der Waals surface area contributed by atoms with Crippen LogP contribution in [0.4, 0.5) is 5.69 Å². The van der Waals surface area contributed by atoms with Crippen LogP contribution in [-0.2, 0) is 9.59 Å². The molecule has 3 N–H and O–H groups in total. The normalized spacial score (nSPS) is 15.3. The summed E-state index contributed by atoms with van der Waals surface area (Å²) in [5.41, 5.74) is 2.20. The number of amides is 2. The van der Waals surface area contributed by atoms with E-state index < -0.39 is 5.91 Å². The summed E-state index contributed by atoms with van der Waals surface area (Å²) in [5, 5.41) is 11.3. The van der Waals surface area contributed by atoms with Gasteiger partial charge in [0.2, 0.25) is 5.91 Å². The minimum atomic E-state index is -0.621. The van der Waals surface area contributed by atoms with E-state index in [1.54, 1.807) is 24.3 Å². The van der Waals surface area contributed by atoms with E-state index in [4.69, 9.17) is 9.94 Å². The third-order valence-electron chi connectivity index (χ3n) is 3.59. The van der Waals surface area contributed by atoms with Gasteiger partial charge in [0.25, 0.3) is 5.91 Å². The van der Waals surface area contributed by atoms with Gasteiger partial charge in [0.1, 0.15) is 5.75 Å². The second-order valence-electron chi connectivity index (χ2n) is 5.17. The standard InChI is InChI=1S/C15H20N2O4/c18-14(17-20)10-21-13-8-6-12(7-9-13)16-15(19)11-4-2-1-3-5-11/h6-9,11,20H,1-5,10H2,(H,16,19)(H,17,18). The van der Waals surface area contributed by atoms with Crippen molar-refractivity contribution in [2.45, 2.75) is 32.1 Å². The minimum Gasteiger partial charge on any atom is -0.484 e. The summed E-state index contributed by atoms with van der Waals surface area (Å²) in [6, 6.07) is 6.79. The molecule has 0 heterocycles. The first-order chi connectivity index (χ1) is 10.2. The highest BCUT2D eigenvalue weighted by atomic mass is 16.5. The Morgan fingerprint density at radius 3 is 2.43 bits per heavy atom. The van der Waals surface area contributed by atoms with Crippen LogP contribution in [0.1, 0.15) is 32.1 Å². The minimum absolute atomic E-state index is 0.0722. The van der Waals surface area contributed by atoms with Gasteiger partial charge in [-0.25, -0.2) is 5.48 Å². The fourth-order valence-electron chi connectivity index (χ4n) is 2.42. The monoisotopic (exact) mass is 292 g/mol. The molecule has 1 fully saturated rings. The Kier molecular flexibility index (Phi) is 5.57. The first-order valence-corrected chi connectivity index (χ1v) is 7.15. The summed E-state index contributed by atoms with van der Waals surface area (Å²) < 4.78 is 5.15. The van der Waals surface area contributed by atoms with Crippen LogP contribution in [0.5, 0.6) is 5.75 Å². The number of nitrogens with one attached hydrogen (secondary N) is 2. The Morgan fingerprint density at radius 2 is 1.81 bits per heavy atom. The van der Waals surface area contributed by atoms with Crippen LogP contribution < -0.4 is 15.5 Å². The lowest BCUT2D eigenvalue weighted by molar-refractivity contribution is -0.131. The SMILES string of the molecule is O=C(COc1ccc(NC(=O)C2CCCCC2)cc1)NO. The summed E-state index contributed by atoms with van der Waals surface area (Å²) in [4.78, 5) is 22.9. The van der Waals surface area contributed by atoms with Gasteiger partial charge in [0.05, 0.1) is 0 Å². The van der Waals surface area contributed by atoms with Gasteiger partial charge in [0, 0.05) is 11.6 Å². The van der Waals surface area contributed by atoms with Crippen molar-refractivity contribution in [1.82, 2.24) is 5.48 Å². The van der Waals surface area contributed by atoms with E-state index in [1.807, 2.05) is 0 Å². The number of hydroxylamine groups is 1. The van der Waals surface area contributed by atoms with Crippen LogP contribution in [0.15, 0.2) is 24.3 Å². The van der Waals surface area contributed by atoms with E-state index in [1.165, 1.54) is 11.9 Å². The van der Waals surface area contributed by atoms with Crippen LogP contribution in [0, 0.1) is 5.92 Å². The van der Waals surface area contributed by atoms with Gasteiger partial charge in [0.15, 0.2) is 6.61 Å². The van der Waals surface area contributed by atoms with Crippen LogP contribution in [-0.4, -0.2) is 23.6 Å². The van der Waals surface area contributed by atoms with E-state index in [0.29, 0.717) is 11.4 Å². The number of hydrogen-bond donors (Lipinski definition) is 3. The topological polar surface area (TPSA) is 87.7 Å². The fourth-order valence-corrected chi connectivity index (χ4v) is 2.42. The molecule has 0 bridgehead atoms. The second kappa shape index (κ2) is 7.64. The molecule has 6 nitrogen and oxygen atoms in total. The van der Waals surface area contributed by atoms with Crippen molar-refractivity contribution in [3.8, 4) is 5.75 Å². The Morgan fingerprint density at radius 1 is 1.14 bits per heavy atom. The molecule has 1 aromatic carbocycles. The van der Waals surface area contributed by atoms with E-state index >= 15 is 0 Å². The maximum Gasteiger partial charge on any atom is 0.281 e. The number of rotatable bonds is 5. The van der Waals surface area contributed by atoms with Crippen molar-refractivity contribution in [1.29, 1.82) is 0 Å². The molecule has 1 saturated carbocycles. The maximum atomic E-state index is 12.1. The van der Waals surface area contributed by atoms with Crippen LogP contribution in [0.25, 0.3) is 0 Å². The highest BCUT2D eigenvalue weighted by Crippen LogP contribution is 2.25. The lowest BCUT2D eigenvalue weighted by Gasteiger charge is -2.20. The first kappa shape index (κ1) is 15.3.